The fourth-order valence-electron chi connectivity index (χ4n) is 1.88. The molecule has 2 rings (SSSR count). The van der Waals surface area contributed by atoms with Gasteiger partial charge in [0.2, 0.25) is 0 Å². The second kappa shape index (κ2) is 5.69. The zero-order valence-corrected chi connectivity index (χ0v) is 10.0. The Balaban J connectivity index is 2.21. The normalized spacial score (nSPS) is 12.4. The van der Waals surface area contributed by atoms with Crippen molar-refractivity contribution in [3.8, 4) is 0 Å². The number of pyridine rings is 1. The second-order valence-corrected chi connectivity index (χ2v) is 4.07. The minimum absolute atomic E-state index is 0.0429. The maximum atomic E-state index is 13.6. The molecule has 0 bridgehead atoms. The molecule has 0 aliphatic rings. The summed E-state index contributed by atoms with van der Waals surface area (Å²) >= 11 is 0. The smallest absolute Gasteiger partial charge is 0.129 e. The molecule has 18 heavy (non-hydrogen) atoms. The van der Waals surface area contributed by atoms with Gasteiger partial charge in [0.15, 0.2) is 0 Å². The van der Waals surface area contributed by atoms with Crippen molar-refractivity contribution in [2.45, 2.75) is 12.5 Å². The van der Waals surface area contributed by atoms with Gasteiger partial charge in [0.25, 0.3) is 0 Å². The van der Waals surface area contributed by atoms with Crippen molar-refractivity contribution in [2.24, 2.45) is 0 Å². The van der Waals surface area contributed by atoms with E-state index >= 15 is 0 Å². The number of nitrogens with one attached hydrogen (secondary N) is 1. The van der Waals surface area contributed by atoms with Gasteiger partial charge < -0.3 is 5.32 Å². The Morgan fingerprint density at radius 1 is 1.28 bits per heavy atom. The highest BCUT2D eigenvalue weighted by atomic mass is 19.1. The maximum absolute atomic E-state index is 13.6. The molecule has 0 aliphatic heterocycles. The minimum Gasteiger partial charge on any atom is -0.313 e. The quantitative estimate of drug-likeness (QED) is 0.900. The van der Waals surface area contributed by atoms with Crippen molar-refractivity contribution >= 4 is 0 Å². The fourth-order valence-corrected chi connectivity index (χ4v) is 1.88. The van der Waals surface area contributed by atoms with E-state index in [1.54, 1.807) is 19.4 Å². The number of hydrogen-bond donors (Lipinski definition) is 1. The third-order valence-electron chi connectivity index (χ3n) is 2.87. The van der Waals surface area contributed by atoms with Crippen LogP contribution in [-0.4, -0.2) is 12.0 Å². The molecule has 1 atom stereocenters. The first-order valence-corrected chi connectivity index (χ1v) is 5.72. The second-order valence-electron chi connectivity index (χ2n) is 4.07. The molecule has 1 N–H and O–H groups in total. The van der Waals surface area contributed by atoms with Gasteiger partial charge in [-0.25, -0.2) is 8.78 Å². The van der Waals surface area contributed by atoms with Crippen LogP contribution in [0.15, 0.2) is 42.7 Å². The predicted molar refractivity (Wildman–Crippen MR) is 66.1 cm³/mol. The van der Waals surface area contributed by atoms with Gasteiger partial charge in [-0.3, -0.25) is 4.98 Å². The number of aromatic nitrogens is 1. The Hall–Kier alpha value is -1.81. The SMILES string of the molecule is CNC(Cc1ccc(F)cc1F)c1cccnc1. The molecule has 1 unspecified atom stereocenters. The van der Waals surface area contributed by atoms with Crippen LogP contribution in [0.5, 0.6) is 0 Å². The van der Waals surface area contributed by atoms with Crippen molar-refractivity contribution in [2.75, 3.05) is 7.05 Å². The number of halogens is 2. The van der Waals surface area contributed by atoms with E-state index in [0.29, 0.717) is 12.0 Å². The molecule has 0 spiro atoms. The molecular formula is C14H14F2N2. The molecule has 0 amide bonds. The van der Waals surface area contributed by atoms with E-state index in [0.717, 1.165) is 11.6 Å². The van der Waals surface area contributed by atoms with Crippen LogP contribution >= 0.6 is 0 Å². The molecule has 1 heterocycles. The number of benzene rings is 1. The maximum Gasteiger partial charge on any atom is 0.129 e. The van der Waals surface area contributed by atoms with Crippen LogP contribution in [0.1, 0.15) is 17.2 Å². The first kappa shape index (κ1) is 12.6. The van der Waals surface area contributed by atoms with Gasteiger partial charge in [0, 0.05) is 24.5 Å². The van der Waals surface area contributed by atoms with Gasteiger partial charge in [-0.15, -0.1) is 0 Å². The molecule has 0 saturated carbocycles. The summed E-state index contributed by atoms with van der Waals surface area (Å²) in [6.45, 7) is 0. The summed E-state index contributed by atoms with van der Waals surface area (Å²) in [4.78, 5) is 4.04. The Morgan fingerprint density at radius 2 is 2.11 bits per heavy atom. The van der Waals surface area contributed by atoms with E-state index in [4.69, 9.17) is 0 Å². The third-order valence-corrected chi connectivity index (χ3v) is 2.87. The van der Waals surface area contributed by atoms with Crippen molar-refractivity contribution < 1.29 is 8.78 Å². The Kier molecular flexibility index (Phi) is 3.99. The number of nitrogens with zero attached hydrogens (tertiary/aromatic N) is 1. The van der Waals surface area contributed by atoms with Gasteiger partial charge in [-0.2, -0.15) is 0 Å². The zero-order chi connectivity index (χ0) is 13.0. The predicted octanol–water partition coefficient (Wildman–Crippen LogP) is 2.86. The third kappa shape index (κ3) is 2.90. The minimum atomic E-state index is -0.557. The summed E-state index contributed by atoms with van der Waals surface area (Å²) in [6, 6.07) is 7.38. The Morgan fingerprint density at radius 3 is 2.72 bits per heavy atom. The van der Waals surface area contributed by atoms with Crippen molar-refractivity contribution in [3.63, 3.8) is 0 Å². The van der Waals surface area contributed by atoms with E-state index in [2.05, 4.69) is 10.3 Å². The molecule has 0 radical (unpaired) electrons. The first-order chi connectivity index (χ1) is 8.70. The highest BCUT2D eigenvalue weighted by Gasteiger charge is 2.13. The van der Waals surface area contributed by atoms with Crippen LogP contribution in [0.3, 0.4) is 0 Å². The van der Waals surface area contributed by atoms with Gasteiger partial charge in [0.1, 0.15) is 11.6 Å². The molecule has 4 heteroatoms. The fraction of sp³-hybridized carbons (Fsp3) is 0.214. The van der Waals surface area contributed by atoms with Crippen LogP contribution in [0.4, 0.5) is 8.78 Å². The largest absolute Gasteiger partial charge is 0.313 e. The van der Waals surface area contributed by atoms with Gasteiger partial charge in [0.05, 0.1) is 0 Å². The van der Waals surface area contributed by atoms with E-state index < -0.39 is 11.6 Å². The van der Waals surface area contributed by atoms with Crippen LogP contribution < -0.4 is 5.32 Å². The summed E-state index contributed by atoms with van der Waals surface area (Å²) in [5, 5.41) is 3.11. The number of hydrogen-bond acceptors (Lipinski definition) is 2. The summed E-state index contributed by atoms with van der Waals surface area (Å²) < 4.78 is 26.4. The lowest BCUT2D eigenvalue weighted by Crippen LogP contribution is -2.19. The van der Waals surface area contributed by atoms with Gasteiger partial charge >= 0.3 is 0 Å². The van der Waals surface area contributed by atoms with Gasteiger partial charge in [-0.1, -0.05) is 12.1 Å². The summed E-state index contributed by atoms with van der Waals surface area (Å²) in [6.07, 6.45) is 3.88. The average Bonchev–Trinajstić information content (AvgIpc) is 2.39. The van der Waals surface area contributed by atoms with E-state index in [9.17, 15) is 8.78 Å². The number of likely N-dealkylation sites (N-methyl/N-ethyl adjacent to an activating group) is 1. The lowest BCUT2D eigenvalue weighted by Gasteiger charge is -2.16. The Bertz CT molecular complexity index is 514. The van der Waals surface area contributed by atoms with Crippen molar-refractivity contribution in [1.82, 2.24) is 10.3 Å². The average molecular weight is 248 g/mol. The summed E-state index contributed by atoms with van der Waals surface area (Å²) in [5.74, 6) is -1.07. The molecule has 2 nitrogen and oxygen atoms in total. The summed E-state index contributed by atoms with van der Waals surface area (Å²) in [7, 11) is 1.80. The molecule has 1 aromatic heterocycles. The van der Waals surface area contributed by atoms with E-state index in [-0.39, 0.29) is 6.04 Å². The monoisotopic (exact) mass is 248 g/mol. The molecule has 0 saturated heterocycles. The highest BCUT2D eigenvalue weighted by molar-refractivity contribution is 5.23. The Labute approximate surface area is 105 Å². The van der Waals surface area contributed by atoms with Crippen LogP contribution in [0.25, 0.3) is 0 Å². The molecule has 0 fully saturated rings. The van der Waals surface area contributed by atoms with Crippen LogP contribution in [0.2, 0.25) is 0 Å². The van der Waals surface area contributed by atoms with E-state index in [1.807, 2.05) is 12.1 Å². The van der Waals surface area contributed by atoms with Crippen LogP contribution in [0, 0.1) is 11.6 Å². The molecular weight excluding hydrogens is 234 g/mol. The van der Waals surface area contributed by atoms with Crippen molar-refractivity contribution in [3.05, 3.63) is 65.5 Å². The lowest BCUT2D eigenvalue weighted by atomic mass is 10.00. The molecule has 1 aromatic carbocycles. The lowest BCUT2D eigenvalue weighted by molar-refractivity contribution is 0.540. The first-order valence-electron chi connectivity index (χ1n) is 5.72. The molecule has 94 valence electrons. The number of rotatable bonds is 4. The standard InChI is InChI=1S/C14H14F2N2/c1-17-14(11-3-2-6-18-9-11)7-10-4-5-12(15)8-13(10)16/h2-6,8-9,14,17H,7H2,1H3. The van der Waals surface area contributed by atoms with Crippen LogP contribution in [-0.2, 0) is 6.42 Å². The van der Waals surface area contributed by atoms with Crippen molar-refractivity contribution in [1.29, 1.82) is 0 Å². The highest BCUT2D eigenvalue weighted by Crippen LogP contribution is 2.19. The molecule has 2 aromatic rings. The summed E-state index contributed by atoms with van der Waals surface area (Å²) in [5.41, 5.74) is 1.46. The topological polar surface area (TPSA) is 24.9 Å². The zero-order valence-electron chi connectivity index (χ0n) is 10.0. The van der Waals surface area contributed by atoms with Gasteiger partial charge in [-0.05, 0) is 36.7 Å². The molecule has 0 aliphatic carbocycles. The van der Waals surface area contributed by atoms with E-state index in [1.165, 1.54) is 12.1 Å².